The van der Waals surface area contributed by atoms with Crippen molar-refractivity contribution in [3.8, 4) is 0 Å². The molecular weight excluding hydrogens is 334 g/mol. The number of benzene rings is 1. The first-order chi connectivity index (χ1) is 8.70. The van der Waals surface area contributed by atoms with Gasteiger partial charge in [0, 0.05) is 15.5 Å². The third-order valence-electron chi connectivity index (χ3n) is 2.61. The molecule has 0 amide bonds. The molecule has 1 N–H and O–H groups in total. The normalized spacial score (nSPS) is 12.6. The summed E-state index contributed by atoms with van der Waals surface area (Å²) in [4.78, 5) is 1.14. The second-order valence-corrected chi connectivity index (χ2v) is 6.01. The summed E-state index contributed by atoms with van der Waals surface area (Å²) < 4.78 is 4.91. The lowest BCUT2D eigenvalue weighted by atomic mass is 10.1. The Labute approximate surface area is 124 Å². The Morgan fingerprint density at radius 1 is 1.50 bits per heavy atom. The van der Waals surface area contributed by atoms with Crippen molar-refractivity contribution >= 4 is 39.1 Å². The number of rotatable bonds is 5. The number of hydrogen-bond acceptors (Lipinski definition) is 4. The minimum atomic E-state index is 0.216. The summed E-state index contributed by atoms with van der Waals surface area (Å²) in [5.74, 6) is 0. The first kappa shape index (κ1) is 13.9. The van der Waals surface area contributed by atoms with E-state index in [2.05, 4.69) is 37.8 Å². The molecule has 0 radical (unpaired) electrons. The van der Waals surface area contributed by atoms with Crippen LogP contribution in [0.25, 0.3) is 0 Å². The Morgan fingerprint density at radius 2 is 2.33 bits per heavy atom. The molecule has 0 aliphatic heterocycles. The summed E-state index contributed by atoms with van der Waals surface area (Å²) in [7, 11) is 0. The van der Waals surface area contributed by atoms with Crippen LogP contribution in [0.3, 0.4) is 0 Å². The highest BCUT2D eigenvalue weighted by Gasteiger charge is 2.15. The molecule has 1 aromatic heterocycles. The van der Waals surface area contributed by atoms with Gasteiger partial charge in [-0.2, -0.15) is 0 Å². The van der Waals surface area contributed by atoms with Gasteiger partial charge in [-0.15, -0.1) is 5.10 Å². The van der Waals surface area contributed by atoms with Crippen LogP contribution in [-0.2, 0) is 6.42 Å². The van der Waals surface area contributed by atoms with Gasteiger partial charge in [-0.1, -0.05) is 45.0 Å². The minimum Gasteiger partial charge on any atom is -0.309 e. The van der Waals surface area contributed by atoms with Crippen LogP contribution >= 0.6 is 39.1 Å². The molecule has 0 fully saturated rings. The van der Waals surface area contributed by atoms with Gasteiger partial charge in [-0.25, -0.2) is 0 Å². The van der Waals surface area contributed by atoms with Crippen molar-refractivity contribution < 1.29 is 0 Å². The molecule has 1 atom stereocenters. The van der Waals surface area contributed by atoms with Crippen molar-refractivity contribution in [2.75, 3.05) is 6.54 Å². The van der Waals surface area contributed by atoms with Crippen LogP contribution in [0, 0.1) is 0 Å². The zero-order chi connectivity index (χ0) is 13.0. The maximum absolute atomic E-state index is 6.25. The Kier molecular flexibility index (Phi) is 5.12. The summed E-state index contributed by atoms with van der Waals surface area (Å²) in [6.07, 6.45) is 2.65. The monoisotopic (exact) mass is 345 g/mol. The topological polar surface area (TPSA) is 37.8 Å². The molecule has 0 spiro atoms. The Hall–Kier alpha value is -0.490. The standard InChI is InChI=1S/C12H13BrClN3S/c1-2-15-11(12-7-16-17-18-12)5-8-3-4-9(13)6-10(8)14/h3-4,6-7,11,15H,2,5H2,1H3. The molecule has 0 saturated carbocycles. The highest BCUT2D eigenvalue weighted by Crippen LogP contribution is 2.27. The van der Waals surface area contributed by atoms with E-state index in [9.17, 15) is 0 Å². The van der Waals surface area contributed by atoms with E-state index in [1.54, 1.807) is 0 Å². The predicted molar refractivity (Wildman–Crippen MR) is 79.2 cm³/mol. The minimum absolute atomic E-state index is 0.216. The lowest BCUT2D eigenvalue weighted by Crippen LogP contribution is -2.22. The van der Waals surface area contributed by atoms with Crippen LogP contribution in [0.4, 0.5) is 0 Å². The molecule has 3 nitrogen and oxygen atoms in total. The van der Waals surface area contributed by atoms with Gasteiger partial charge in [0.15, 0.2) is 0 Å². The Morgan fingerprint density at radius 3 is 2.94 bits per heavy atom. The highest BCUT2D eigenvalue weighted by molar-refractivity contribution is 9.10. The summed E-state index contributed by atoms with van der Waals surface area (Å²) >= 11 is 11.1. The average Bonchev–Trinajstić information content (AvgIpc) is 2.85. The van der Waals surface area contributed by atoms with Gasteiger partial charge in [0.25, 0.3) is 0 Å². The molecule has 96 valence electrons. The van der Waals surface area contributed by atoms with Gasteiger partial charge in [0.1, 0.15) is 0 Å². The van der Waals surface area contributed by atoms with Gasteiger partial charge < -0.3 is 5.32 Å². The second-order valence-electron chi connectivity index (χ2n) is 3.87. The Balaban J connectivity index is 2.18. The number of nitrogens with one attached hydrogen (secondary N) is 1. The van der Waals surface area contributed by atoms with E-state index >= 15 is 0 Å². The fourth-order valence-electron chi connectivity index (χ4n) is 1.76. The molecule has 1 aromatic carbocycles. The summed E-state index contributed by atoms with van der Waals surface area (Å²) in [5.41, 5.74) is 1.12. The largest absolute Gasteiger partial charge is 0.309 e. The lowest BCUT2D eigenvalue weighted by molar-refractivity contribution is 0.557. The molecular formula is C12H13BrClN3S. The molecule has 2 rings (SSSR count). The van der Waals surface area contributed by atoms with Gasteiger partial charge in [-0.05, 0) is 42.2 Å². The van der Waals surface area contributed by atoms with Crippen molar-refractivity contribution in [2.45, 2.75) is 19.4 Å². The van der Waals surface area contributed by atoms with Crippen molar-refractivity contribution in [3.05, 3.63) is 44.3 Å². The molecule has 0 aliphatic rings. The second kappa shape index (κ2) is 6.61. The molecule has 0 bridgehead atoms. The van der Waals surface area contributed by atoms with Gasteiger partial charge in [0.05, 0.1) is 11.1 Å². The molecule has 1 heterocycles. The average molecular weight is 347 g/mol. The first-order valence-electron chi connectivity index (χ1n) is 5.65. The van der Waals surface area contributed by atoms with Gasteiger partial charge >= 0.3 is 0 Å². The van der Waals surface area contributed by atoms with E-state index in [1.807, 2.05) is 24.4 Å². The molecule has 2 aromatic rings. The van der Waals surface area contributed by atoms with E-state index in [-0.39, 0.29) is 6.04 Å². The van der Waals surface area contributed by atoms with E-state index in [4.69, 9.17) is 11.6 Å². The summed E-state index contributed by atoms with van der Waals surface area (Å²) in [6, 6.07) is 6.19. The van der Waals surface area contributed by atoms with Crippen LogP contribution in [0.15, 0.2) is 28.9 Å². The van der Waals surface area contributed by atoms with Crippen LogP contribution in [0.1, 0.15) is 23.4 Å². The third-order valence-corrected chi connectivity index (χ3v) is 4.23. The third kappa shape index (κ3) is 3.51. The quantitative estimate of drug-likeness (QED) is 0.893. The van der Waals surface area contributed by atoms with Crippen LogP contribution in [0.2, 0.25) is 5.02 Å². The van der Waals surface area contributed by atoms with Crippen molar-refractivity contribution in [1.82, 2.24) is 14.9 Å². The number of nitrogens with zero attached hydrogens (tertiary/aromatic N) is 2. The zero-order valence-electron chi connectivity index (χ0n) is 9.86. The van der Waals surface area contributed by atoms with Crippen LogP contribution in [-0.4, -0.2) is 16.1 Å². The number of halogens is 2. The fraction of sp³-hybridized carbons (Fsp3) is 0.333. The number of aromatic nitrogens is 2. The summed E-state index contributed by atoms with van der Waals surface area (Å²) in [6.45, 7) is 2.99. The van der Waals surface area contributed by atoms with E-state index < -0.39 is 0 Å². The maximum atomic E-state index is 6.25. The molecule has 0 saturated heterocycles. The molecule has 6 heteroatoms. The van der Waals surface area contributed by atoms with Crippen LogP contribution < -0.4 is 5.32 Å². The first-order valence-corrected chi connectivity index (χ1v) is 7.59. The van der Waals surface area contributed by atoms with Crippen molar-refractivity contribution in [2.24, 2.45) is 0 Å². The molecule has 0 aliphatic carbocycles. The predicted octanol–water partition coefficient (Wildman–Crippen LogP) is 3.85. The zero-order valence-corrected chi connectivity index (χ0v) is 13.0. The number of likely N-dealkylation sites (N-methyl/N-ethyl adjacent to an activating group) is 1. The van der Waals surface area contributed by atoms with Gasteiger partial charge in [-0.3, -0.25) is 0 Å². The fourth-order valence-corrected chi connectivity index (χ4v) is 3.08. The smallest absolute Gasteiger partial charge is 0.0669 e. The Bertz CT molecular complexity index is 504. The molecule has 18 heavy (non-hydrogen) atoms. The van der Waals surface area contributed by atoms with E-state index in [1.165, 1.54) is 11.5 Å². The van der Waals surface area contributed by atoms with Crippen molar-refractivity contribution in [1.29, 1.82) is 0 Å². The SMILES string of the molecule is CCNC(Cc1ccc(Br)cc1Cl)c1cnns1. The molecule has 1 unspecified atom stereocenters. The van der Waals surface area contributed by atoms with E-state index in [0.29, 0.717) is 0 Å². The lowest BCUT2D eigenvalue weighted by Gasteiger charge is -2.16. The summed E-state index contributed by atoms with van der Waals surface area (Å²) in [5, 5.41) is 8.11. The number of hydrogen-bond donors (Lipinski definition) is 1. The van der Waals surface area contributed by atoms with Gasteiger partial charge in [0.2, 0.25) is 0 Å². The van der Waals surface area contributed by atoms with Crippen molar-refractivity contribution in [3.63, 3.8) is 0 Å². The van der Waals surface area contributed by atoms with E-state index in [0.717, 1.165) is 32.9 Å². The maximum Gasteiger partial charge on any atom is 0.0669 e. The highest BCUT2D eigenvalue weighted by atomic mass is 79.9. The van der Waals surface area contributed by atoms with Crippen LogP contribution in [0.5, 0.6) is 0 Å².